The Labute approximate surface area is 186 Å². The van der Waals surface area contributed by atoms with Crippen LogP contribution in [0.1, 0.15) is 84.1 Å². The van der Waals surface area contributed by atoms with Crippen molar-refractivity contribution in [3.8, 4) is 6.07 Å². The predicted molar refractivity (Wildman–Crippen MR) is 119 cm³/mol. The van der Waals surface area contributed by atoms with Gasteiger partial charge in [-0.25, -0.2) is 0 Å². The van der Waals surface area contributed by atoms with Gasteiger partial charge in [-0.15, -0.1) is 0 Å². The van der Waals surface area contributed by atoms with Gasteiger partial charge in [0.1, 0.15) is 6.07 Å². The molecular formula is C27H37N3O. The topological polar surface area (TPSA) is 58.7 Å². The van der Waals surface area contributed by atoms with Crippen LogP contribution in [-0.2, 0) is 11.3 Å². The number of nitriles is 1. The first-order chi connectivity index (χ1) is 14.9. The van der Waals surface area contributed by atoms with Gasteiger partial charge in [-0.2, -0.15) is 10.4 Å². The highest BCUT2D eigenvalue weighted by Crippen LogP contribution is 2.86. The molecule has 4 nitrogen and oxygen atoms in total. The molecule has 6 rings (SSSR count). The molecule has 5 saturated carbocycles. The van der Waals surface area contributed by atoms with Crippen molar-refractivity contribution in [2.75, 3.05) is 0 Å². The average Bonchev–Trinajstić information content (AvgIpc) is 3.08. The maximum atomic E-state index is 13.4. The molecule has 0 saturated heterocycles. The molecule has 0 aliphatic heterocycles. The van der Waals surface area contributed by atoms with Crippen LogP contribution in [0.2, 0.25) is 0 Å². The Balaban J connectivity index is 1.23. The van der Waals surface area contributed by atoms with Crippen LogP contribution in [0, 0.1) is 63.1 Å². The summed E-state index contributed by atoms with van der Waals surface area (Å²) in [6.45, 7) is 7.85. The van der Waals surface area contributed by atoms with Crippen molar-refractivity contribution < 1.29 is 4.79 Å². The summed E-state index contributed by atoms with van der Waals surface area (Å²) >= 11 is 0. The molecule has 0 aromatic carbocycles. The molecule has 9 atom stereocenters. The fourth-order valence-electron chi connectivity index (χ4n) is 10.5. The number of Topliss-reactive ketones (excluding diaryl/α,β-unsaturated/α-hetero) is 1. The molecule has 0 radical (unpaired) electrons. The van der Waals surface area contributed by atoms with Gasteiger partial charge in [-0.1, -0.05) is 27.2 Å². The molecular weight excluding hydrogens is 382 g/mol. The quantitative estimate of drug-likeness (QED) is 0.639. The van der Waals surface area contributed by atoms with Crippen LogP contribution in [0.5, 0.6) is 0 Å². The van der Waals surface area contributed by atoms with Crippen molar-refractivity contribution in [2.45, 2.75) is 85.1 Å². The van der Waals surface area contributed by atoms with Crippen molar-refractivity contribution in [2.24, 2.45) is 51.8 Å². The summed E-state index contributed by atoms with van der Waals surface area (Å²) in [4.78, 5) is 13.4. The summed E-state index contributed by atoms with van der Waals surface area (Å²) in [6.07, 6.45) is 15.4. The van der Waals surface area contributed by atoms with Crippen LogP contribution < -0.4 is 0 Å². The maximum Gasteiger partial charge on any atom is 0.157 e. The van der Waals surface area contributed by atoms with E-state index >= 15 is 0 Å². The molecule has 0 amide bonds. The van der Waals surface area contributed by atoms with E-state index < -0.39 is 0 Å². The predicted octanol–water partition coefficient (Wildman–Crippen LogP) is 5.62. The standard InChI is InChI=1S/C27H37N3O/c1-17-6-11-27-18(2)26(27,12-17)10-7-20-21-4-5-23(25(21,3)9-8-22(20)27)24(31)16-30-15-19(13-28)14-29-30/h14-15,17-18,20-23H,4-12,16H2,1-3H3/t17-,18+,20-,21?,22?,23+,25-,26+,27?/m0/s1. The lowest BCUT2D eigenvalue weighted by molar-refractivity contribution is -0.131. The minimum atomic E-state index is 0.167. The molecule has 4 heteroatoms. The molecule has 31 heavy (non-hydrogen) atoms. The van der Waals surface area contributed by atoms with Crippen LogP contribution in [0.15, 0.2) is 12.4 Å². The number of fused-ring (bicyclic) bond motifs is 3. The highest BCUT2D eigenvalue weighted by molar-refractivity contribution is 5.82. The van der Waals surface area contributed by atoms with E-state index in [9.17, 15) is 4.79 Å². The average molecular weight is 420 g/mol. The maximum absolute atomic E-state index is 13.4. The fourth-order valence-corrected chi connectivity index (χ4v) is 10.5. The van der Waals surface area contributed by atoms with Gasteiger partial charge in [-0.05, 0) is 97.2 Å². The van der Waals surface area contributed by atoms with E-state index in [0.29, 0.717) is 28.7 Å². The third kappa shape index (κ3) is 2.42. The molecule has 0 spiro atoms. The van der Waals surface area contributed by atoms with E-state index in [2.05, 4.69) is 31.9 Å². The molecule has 0 bridgehead atoms. The van der Waals surface area contributed by atoms with Crippen LogP contribution in [0.4, 0.5) is 0 Å². The SMILES string of the molecule is C[C@H]1CCC23C4CC[C@@]5(C)C(CC[C@@H]5C(=O)Cn5cc(C#N)cn5)[C@@H]4CC[C@@]2(C1)[C@H]3C. The van der Waals surface area contributed by atoms with Gasteiger partial charge in [-0.3, -0.25) is 9.48 Å². The minimum Gasteiger partial charge on any atom is -0.297 e. The molecule has 1 aromatic rings. The lowest BCUT2D eigenvalue weighted by Crippen LogP contribution is -2.49. The highest BCUT2D eigenvalue weighted by atomic mass is 16.1. The first kappa shape index (κ1) is 20.0. The largest absolute Gasteiger partial charge is 0.297 e. The normalized spacial score (nSPS) is 49.9. The second kappa shape index (κ2) is 6.46. The molecule has 0 N–H and O–H groups in total. The molecule has 5 aliphatic rings. The number of carbonyl (C=O) groups excluding carboxylic acids is 1. The third-order valence-corrected chi connectivity index (χ3v) is 11.7. The fraction of sp³-hybridized carbons (Fsp3) is 0.815. The number of hydrogen-bond acceptors (Lipinski definition) is 3. The third-order valence-electron chi connectivity index (χ3n) is 11.7. The van der Waals surface area contributed by atoms with Gasteiger partial charge < -0.3 is 0 Å². The first-order valence-corrected chi connectivity index (χ1v) is 12.8. The molecule has 1 heterocycles. The van der Waals surface area contributed by atoms with E-state index in [1.165, 1.54) is 51.4 Å². The number of nitrogens with zero attached hydrogens (tertiary/aromatic N) is 3. The van der Waals surface area contributed by atoms with Crippen LogP contribution in [0.3, 0.4) is 0 Å². The van der Waals surface area contributed by atoms with E-state index in [1.807, 2.05) is 0 Å². The van der Waals surface area contributed by atoms with E-state index in [1.54, 1.807) is 17.1 Å². The Morgan fingerprint density at radius 1 is 1.16 bits per heavy atom. The Bertz CT molecular complexity index is 960. The van der Waals surface area contributed by atoms with E-state index in [0.717, 1.165) is 36.0 Å². The van der Waals surface area contributed by atoms with Crippen molar-refractivity contribution >= 4 is 5.78 Å². The number of ketones is 1. The molecule has 5 fully saturated rings. The van der Waals surface area contributed by atoms with Crippen molar-refractivity contribution in [1.29, 1.82) is 5.26 Å². The Hall–Kier alpha value is -1.63. The summed E-state index contributed by atoms with van der Waals surface area (Å²) in [5.41, 5.74) is 2.02. The zero-order valence-corrected chi connectivity index (χ0v) is 19.4. The number of rotatable bonds is 3. The van der Waals surface area contributed by atoms with Crippen LogP contribution in [-0.4, -0.2) is 15.6 Å². The van der Waals surface area contributed by atoms with Crippen molar-refractivity contribution in [3.05, 3.63) is 18.0 Å². The Kier molecular flexibility index (Phi) is 4.17. The summed E-state index contributed by atoms with van der Waals surface area (Å²) in [6, 6.07) is 2.12. The van der Waals surface area contributed by atoms with Gasteiger partial charge >= 0.3 is 0 Å². The second-order valence-corrected chi connectivity index (χ2v) is 12.4. The number of carbonyl (C=O) groups is 1. The van der Waals surface area contributed by atoms with E-state index in [4.69, 9.17) is 5.26 Å². The van der Waals surface area contributed by atoms with Crippen LogP contribution in [0.25, 0.3) is 0 Å². The molecule has 5 aliphatic carbocycles. The van der Waals surface area contributed by atoms with Gasteiger partial charge in [0.15, 0.2) is 5.78 Å². The second-order valence-electron chi connectivity index (χ2n) is 12.4. The van der Waals surface area contributed by atoms with Crippen molar-refractivity contribution in [1.82, 2.24) is 9.78 Å². The lowest BCUT2D eigenvalue weighted by atomic mass is 9.49. The van der Waals surface area contributed by atoms with Crippen LogP contribution >= 0.6 is 0 Å². The smallest absolute Gasteiger partial charge is 0.157 e. The summed E-state index contributed by atoms with van der Waals surface area (Å²) < 4.78 is 1.67. The Morgan fingerprint density at radius 3 is 2.77 bits per heavy atom. The number of aromatic nitrogens is 2. The molecule has 166 valence electrons. The van der Waals surface area contributed by atoms with Gasteiger partial charge in [0, 0.05) is 12.1 Å². The minimum absolute atomic E-state index is 0.167. The van der Waals surface area contributed by atoms with Gasteiger partial charge in [0.25, 0.3) is 0 Å². The lowest BCUT2D eigenvalue weighted by Gasteiger charge is -2.56. The highest BCUT2D eigenvalue weighted by Gasteiger charge is 2.80. The van der Waals surface area contributed by atoms with Crippen molar-refractivity contribution in [3.63, 3.8) is 0 Å². The summed E-state index contributed by atoms with van der Waals surface area (Å²) in [7, 11) is 0. The van der Waals surface area contributed by atoms with E-state index in [-0.39, 0.29) is 11.3 Å². The molecule has 1 aromatic heterocycles. The molecule has 3 unspecified atom stereocenters. The summed E-state index contributed by atoms with van der Waals surface area (Å²) in [5, 5.41) is 13.3. The summed E-state index contributed by atoms with van der Waals surface area (Å²) in [5.74, 6) is 4.84. The first-order valence-electron chi connectivity index (χ1n) is 12.8. The van der Waals surface area contributed by atoms with Gasteiger partial charge in [0.05, 0.1) is 18.3 Å². The van der Waals surface area contributed by atoms with Gasteiger partial charge in [0.2, 0.25) is 0 Å². The number of hydrogen-bond donors (Lipinski definition) is 0. The Morgan fingerprint density at radius 2 is 2.00 bits per heavy atom. The zero-order valence-electron chi connectivity index (χ0n) is 19.4. The monoisotopic (exact) mass is 419 g/mol. The zero-order chi connectivity index (χ0) is 21.6.